The largest absolute Gasteiger partial charge is 0.495 e. The van der Waals surface area contributed by atoms with Gasteiger partial charge in [0.2, 0.25) is 15.9 Å². The van der Waals surface area contributed by atoms with Crippen LogP contribution in [0, 0.1) is 0 Å². The molecule has 5 aromatic rings. The monoisotopic (exact) mass is 631 g/mol. The van der Waals surface area contributed by atoms with E-state index in [4.69, 9.17) is 19.2 Å². The zero-order valence-corrected chi connectivity index (χ0v) is 27.8. The minimum absolute atomic E-state index is 0.243. The van der Waals surface area contributed by atoms with Crippen LogP contribution in [-0.4, -0.2) is 43.0 Å². The van der Waals surface area contributed by atoms with Gasteiger partial charge in [-0.3, -0.25) is 4.72 Å². The van der Waals surface area contributed by atoms with Gasteiger partial charge in [0.05, 0.1) is 18.9 Å². The van der Waals surface area contributed by atoms with E-state index in [1.54, 1.807) is 30.7 Å². The van der Waals surface area contributed by atoms with Crippen molar-refractivity contribution in [1.29, 1.82) is 0 Å². The summed E-state index contributed by atoms with van der Waals surface area (Å²) in [7, 11) is -1.71. The number of rotatable bonds is 8. The van der Waals surface area contributed by atoms with Gasteiger partial charge in [0.1, 0.15) is 17.0 Å². The van der Waals surface area contributed by atoms with Crippen molar-refractivity contribution in [3.05, 3.63) is 72.2 Å². The van der Waals surface area contributed by atoms with E-state index in [1.807, 2.05) is 77.3 Å². The predicted octanol–water partition coefficient (Wildman–Crippen LogP) is 8.43. The molecule has 8 nitrogen and oxygen atoms in total. The molecular weight excluding hydrogens is 595 g/mol. The predicted molar refractivity (Wildman–Crippen MR) is 180 cm³/mol. The van der Waals surface area contributed by atoms with Crippen LogP contribution in [0.2, 0.25) is 0 Å². The zero-order chi connectivity index (χ0) is 31.9. The third-order valence-corrected chi connectivity index (χ3v) is 7.89. The second-order valence-electron chi connectivity index (χ2n) is 12.5. The molecule has 10 heteroatoms. The summed E-state index contributed by atoms with van der Waals surface area (Å²) in [5.74, 6) is 1.15. The van der Waals surface area contributed by atoms with Gasteiger partial charge in [0, 0.05) is 27.9 Å². The second kappa shape index (κ2) is 11.7. The third kappa shape index (κ3) is 7.49. The Kier molecular flexibility index (Phi) is 8.35. The van der Waals surface area contributed by atoms with Crippen LogP contribution in [0.1, 0.15) is 41.5 Å². The first-order valence-electron chi connectivity index (χ1n) is 14.1. The molecule has 0 spiro atoms. The fourth-order valence-corrected chi connectivity index (χ4v) is 6.06. The van der Waals surface area contributed by atoms with Crippen molar-refractivity contribution in [3.63, 3.8) is 0 Å². The topological polar surface area (TPSA) is 99.6 Å². The van der Waals surface area contributed by atoms with Crippen LogP contribution in [0.4, 0.5) is 5.69 Å². The number of ether oxygens (including phenoxy) is 3. The van der Waals surface area contributed by atoms with Crippen molar-refractivity contribution >= 4 is 37.8 Å². The molecule has 1 N–H and O–H groups in total. The van der Waals surface area contributed by atoms with Gasteiger partial charge in [-0.05, 0) is 105 Å². The van der Waals surface area contributed by atoms with Crippen molar-refractivity contribution in [2.45, 2.75) is 52.7 Å². The molecule has 0 amide bonds. The van der Waals surface area contributed by atoms with Crippen LogP contribution in [0.25, 0.3) is 43.5 Å². The van der Waals surface area contributed by atoms with Gasteiger partial charge in [-0.1, -0.05) is 24.3 Å². The van der Waals surface area contributed by atoms with Gasteiger partial charge >= 0.3 is 6.01 Å². The molecule has 0 saturated heterocycles. The molecule has 3 aromatic carbocycles. The van der Waals surface area contributed by atoms with Crippen molar-refractivity contribution in [2.75, 3.05) is 18.1 Å². The Morgan fingerprint density at radius 3 is 2.11 bits per heavy atom. The molecule has 44 heavy (non-hydrogen) atoms. The summed E-state index contributed by atoms with van der Waals surface area (Å²) in [6, 6.07) is 20.0. The molecule has 0 fully saturated rings. The molecule has 2 aromatic heterocycles. The summed E-state index contributed by atoms with van der Waals surface area (Å²) in [6.07, 6.45) is 2.88. The first-order valence-corrected chi connectivity index (χ1v) is 16.9. The molecule has 0 radical (unpaired) electrons. The van der Waals surface area contributed by atoms with Gasteiger partial charge in [-0.2, -0.15) is 4.98 Å². The number of nitrogens with one attached hydrogen (secondary N) is 1. The highest BCUT2D eigenvalue weighted by Gasteiger charge is 2.24. The van der Waals surface area contributed by atoms with E-state index in [2.05, 4.69) is 34.0 Å². The van der Waals surface area contributed by atoms with Crippen LogP contribution in [0.5, 0.6) is 17.6 Å². The standard InChI is InChI=1S/C34H37N3O5S2/c1-33(2,3)41-31-28(20-35-32(36-31)42-34(4,5)6)24-18-26(30(40-7)27(19-24)29-10-9-15-43-29)23-12-11-22-17-25(37-44(8,38)39)14-13-21(22)16-23/h9-20,37H,1-8H3. The molecular formula is C34H37N3O5S2. The average Bonchev–Trinajstić information content (AvgIpc) is 3.44. The Morgan fingerprint density at radius 2 is 1.48 bits per heavy atom. The van der Waals surface area contributed by atoms with E-state index >= 15 is 0 Å². The number of nitrogens with zero attached hydrogens (tertiary/aromatic N) is 2. The summed E-state index contributed by atoms with van der Waals surface area (Å²) in [4.78, 5) is 10.3. The van der Waals surface area contributed by atoms with E-state index in [0.717, 1.165) is 55.5 Å². The lowest BCUT2D eigenvalue weighted by atomic mass is 9.93. The van der Waals surface area contributed by atoms with Crippen LogP contribution in [0.3, 0.4) is 0 Å². The number of hydrogen-bond acceptors (Lipinski definition) is 8. The highest BCUT2D eigenvalue weighted by molar-refractivity contribution is 7.92. The zero-order valence-electron chi connectivity index (χ0n) is 26.2. The van der Waals surface area contributed by atoms with Gasteiger partial charge in [0.25, 0.3) is 0 Å². The number of fused-ring (bicyclic) bond motifs is 1. The van der Waals surface area contributed by atoms with Crippen molar-refractivity contribution in [2.24, 2.45) is 0 Å². The number of sulfonamides is 1. The number of hydrogen-bond donors (Lipinski definition) is 1. The van der Waals surface area contributed by atoms with Gasteiger partial charge in [-0.15, -0.1) is 11.3 Å². The maximum absolute atomic E-state index is 11.8. The Bertz CT molecular complexity index is 1920. The minimum Gasteiger partial charge on any atom is -0.495 e. The van der Waals surface area contributed by atoms with E-state index in [0.29, 0.717) is 11.6 Å². The number of aromatic nitrogens is 2. The lowest BCUT2D eigenvalue weighted by molar-refractivity contribution is 0.103. The summed E-state index contributed by atoms with van der Waals surface area (Å²) in [6.45, 7) is 11.8. The molecule has 2 heterocycles. The summed E-state index contributed by atoms with van der Waals surface area (Å²) in [5.41, 5.74) is 3.85. The smallest absolute Gasteiger partial charge is 0.320 e. The Labute approximate surface area is 263 Å². The first-order chi connectivity index (χ1) is 20.6. The maximum Gasteiger partial charge on any atom is 0.320 e. The maximum atomic E-state index is 11.8. The molecule has 0 unspecified atom stereocenters. The van der Waals surface area contributed by atoms with Crippen LogP contribution < -0.4 is 18.9 Å². The van der Waals surface area contributed by atoms with Gasteiger partial charge in [0.15, 0.2) is 0 Å². The third-order valence-electron chi connectivity index (χ3n) is 6.38. The first kappa shape index (κ1) is 31.3. The highest BCUT2D eigenvalue weighted by atomic mass is 32.2. The molecule has 0 atom stereocenters. The number of anilines is 1. The number of thiophene rings is 1. The fourth-order valence-electron chi connectivity index (χ4n) is 4.76. The second-order valence-corrected chi connectivity index (χ2v) is 15.2. The van der Waals surface area contributed by atoms with Gasteiger partial charge < -0.3 is 14.2 Å². The summed E-state index contributed by atoms with van der Waals surface area (Å²) in [5, 5.41) is 3.89. The number of methoxy groups -OCH3 is 1. The van der Waals surface area contributed by atoms with E-state index in [1.165, 1.54) is 0 Å². The Balaban J connectivity index is 1.71. The SMILES string of the molecule is COc1c(-c2ccc3cc(NS(C)(=O)=O)ccc3c2)cc(-c2cnc(OC(C)(C)C)nc2OC(C)(C)C)cc1-c1cccs1. The van der Waals surface area contributed by atoms with E-state index in [9.17, 15) is 8.42 Å². The molecule has 0 bridgehead atoms. The molecule has 0 aliphatic heterocycles. The Morgan fingerprint density at radius 1 is 0.795 bits per heavy atom. The summed E-state index contributed by atoms with van der Waals surface area (Å²) >= 11 is 1.63. The minimum atomic E-state index is -3.38. The lowest BCUT2D eigenvalue weighted by Gasteiger charge is -2.24. The molecule has 0 aliphatic carbocycles. The molecule has 0 aliphatic rings. The van der Waals surface area contributed by atoms with E-state index < -0.39 is 21.2 Å². The molecule has 0 saturated carbocycles. The normalized spacial score (nSPS) is 12.3. The van der Waals surface area contributed by atoms with E-state index in [-0.39, 0.29) is 6.01 Å². The van der Waals surface area contributed by atoms with Crippen molar-refractivity contribution in [1.82, 2.24) is 9.97 Å². The fraction of sp³-hybridized carbons (Fsp3) is 0.294. The Hall–Kier alpha value is -4.15. The van der Waals surface area contributed by atoms with Crippen LogP contribution in [0.15, 0.2) is 72.2 Å². The van der Waals surface area contributed by atoms with Crippen LogP contribution >= 0.6 is 11.3 Å². The van der Waals surface area contributed by atoms with Crippen molar-refractivity contribution in [3.8, 4) is 50.3 Å². The molecule has 5 rings (SSSR count). The van der Waals surface area contributed by atoms with Crippen molar-refractivity contribution < 1.29 is 22.6 Å². The number of benzene rings is 3. The van der Waals surface area contributed by atoms with Crippen LogP contribution in [-0.2, 0) is 10.0 Å². The summed E-state index contributed by atoms with van der Waals surface area (Å²) < 4.78 is 44.5. The quantitative estimate of drug-likeness (QED) is 0.183. The molecule has 230 valence electrons. The van der Waals surface area contributed by atoms with Gasteiger partial charge in [-0.25, -0.2) is 13.4 Å². The highest BCUT2D eigenvalue weighted by Crippen LogP contribution is 2.46. The average molecular weight is 632 g/mol. The lowest BCUT2D eigenvalue weighted by Crippen LogP contribution is -2.26.